The summed E-state index contributed by atoms with van der Waals surface area (Å²) >= 11 is 0. The summed E-state index contributed by atoms with van der Waals surface area (Å²) in [4.78, 5) is 38.2. The predicted molar refractivity (Wildman–Crippen MR) is 362 cm³/mol. The molecule has 0 saturated heterocycles. The molecule has 0 radical (unpaired) electrons. The summed E-state index contributed by atoms with van der Waals surface area (Å²) in [7, 11) is 0. The van der Waals surface area contributed by atoms with Crippen molar-refractivity contribution in [1.29, 1.82) is 0 Å². The van der Waals surface area contributed by atoms with Gasteiger partial charge in [0.1, 0.15) is 13.2 Å². The Hall–Kier alpha value is -3.41. The highest BCUT2D eigenvalue weighted by Crippen LogP contribution is 2.18. The van der Waals surface area contributed by atoms with Gasteiger partial charge in [-0.3, -0.25) is 14.4 Å². The zero-order chi connectivity index (χ0) is 59.9. The maximum atomic E-state index is 12.9. The molecular formula is C77H136O6. The highest BCUT2D eigenvalue weighted by atomic mass is 16.6. The molecule has 6 heteroatoms. The van der Waals surface area contributed by atoms with E-state index in [9.17, 15) is 14.4 Å². The molecule has 6 nitrogen and oxygen atoms in total. The Morgan fingerprint density at radius 3 is 0.735 bits per heavy atom. The number of carbonyl (C=O) groups excluding carboxylic acids is 3. The molecule has 0 fully saturated rings. The first-order valence-corrected chi connectivity index (χ1v) is 36.1. The lowest BCUT2D eigenvalue weighted by molar-refractivity contribution is -0.167. The molecule has 0 amide bonds. The van der Waals surface area contributed by atoms with Gasteiger partial charge in [-0.1, -0.05) is 337 Å². The van der Waals surface area contributed by atoms with Crippen molar-refractivity contribution in [2.24, 2.45) is 0 Å². The lowest BCUT2D eigenvalue weighted by atomic mass is 10.0. The molecule has 0 heterocycles. The number of hydrogen-bond donors (Lipinski definition) is 0. The van der Waals surface area contributed by atoms with Gasteiger partial charge in [-0.2, -0.15) is 0 Å². The van der Waals surface area contributed by atoms with Crippen LogP contribution < -0.4 is 0 Å². The number of esters is 3. The SMILES string of the molecule is CC/C=C\C/C=C\C/C=C\C/C=C\CCCCCCCCCCCCCCCCCCCCC(=O)OCC(COC(=O)CCCCCCCCC)OC(=O)CCCCCCCCCCCCCC/C=C\C/C=C\C/C=C\CCCCCCC. The molecular weight excluding hydrogens is 1020 g/mol. The van der Waals surface area contributed by atoms with E-state index < -0.39 is 6.10 Å². The molecule has 0 spiro atoms. The fourth-order valence-electron chi connectivity index (χ4n) is 10.5. The zero-order valence-electron chi connectivity index (χ0n) is 55.2. The van der Waals surface area contributed by atoms with E-state index >= 15 is 0 Å². The average Bonchev–Trinajstić information content (AvgIpc) is 3.50. The molecule has 0 aromatic heterocycles. The Kier molecular flexibility index (Phi) is 68.2. The van der Waals surface area contributed by atoms with Crippen molar-refractivity contribution in [2.45, 2.75) is 374 Å². The number of allylic oxidation sites excluding steroid dienone is 14. The van der Waals surface area contributed by atoms with Crippen molar-refractivity contribution in [3.8, 4) is 0 Å². The van der Waals surface area contributed by atoms with Crippen LogP contribution in [0.5, 0.6) is 0 Å². The van der Waals surface area contributed by atoms with Crippen LogP contribution in [-0.2, 0) is 28.6 Å². The van der Waals surface area contributed by atoms with Gasteiger partial charge >= 0.3 is 17.9 Å². The van der Waals surface area contributed by atoms with E-state index in [2.05, 4.69) is 106 Å². The van der Waals surface area contributed by atoms with Crippen LogP contribution in [0.15, 0.2) is 85.1 Å². The highest BCUT2D eigenvalue weighted by molar-refractivity contribution is 5.71. The number of ether oxygens (including phenoxy) is 3. The second kappa shape index (κ2) is 71.1. The van der Waals surface area contributed by atoms with Crippen molar-refractivity contribution >= 4 is 17.9 Å². The van der Waals surface area contributed by atoms with Crippen LogP contribution in [0, 0.1) is 0 Å². The van der Waals surface area contributed by atoms with E-state index in [1.807, 2.05) is 0 Å². The molecule has 0 aliphatic rings. The van der Waals surface area contributed by atoms with Gasteiger partial charge in [-0.05, 0) is 96.3 Å². The van der Waals surface area contributed by atoms with E-state index in [1.165, 1.54) is 231 Å². The Morgan fingerprint density at radius 2 is 0.470 bits per heavy atom. The zero-order valence-corrected chi connectivity index (χ0v) is 55.2. The molecule has 0 N–H and O–H groups in total. The molecule has 83 heavy (non-hydrogen) atoms. The minimum Gasteiger partial charge on any atom is -0.462 e. The van der Waals surface area contributed by atoms with Crippen molar-refractivity contribution in [3.05, 3.63) is 85.1 Å². The lowest BCUT2D eigenvalue weighted by Gasteiger charge is -2.18. The predicted octanol–water partition coefficient (Wildman–Crippen LogP) is 25.0. The van der Waals surface area contributed by atoms with Crippen LogP contribution in [-0.4, -0.2) is 37.2 Å². The van der Waals surface area contributed by atoms with Gasteiger partial charge in [-0.15, -0.1) is 0 Å². The topological polar surface area (TPSA) is 78.9 Å². The van der Waals surface area contributed by atoms with E-state index in [0.717, 1.165) is 96.3 Å². The average molecular weight is 1160 g/mol. The first-order chi connectivity index (χ1) is 41.0. The summed E-state index contributed by atoms with van der Waals surface area (Å²) in [5.41, 5.74) is 0. The second-order valence-electron chi connectivity index (χ2n) is 24.1. The molecule has 0 rings (SSSR count). The molecule has 1 atom stereocenters. The Labute approximate surface area is 515 Å². The summed E-state index contributed by atoms with van der Waals surface area (Å²) in [6.07, 6.45) is 95.1. The molecule has 0 bridgehead atoms. The van der Waals surface area contributed by atoms with Gasteiger partial charge in [0.2, 0.25) is 0 Å². The number of unbranched alkanes of at least 4 members (excludes halogenated alkanes) is 41. The third-order valence-corrected chi connectivity index (χ3v) is 15.9. The van der Waals surface area contributed by atoms with Gasteiger partial charge in [0.15, 0.2) is 6.10 Å². The first kappa shape index (κ1) is 79.6. The fraction of sp³-hybridized carbons (Fsp3) is 0.779. The maximum absolute atomic E-state index is 12.9. The summed E-state index contributed by atoms with van der Waals surface area (Å²) in [5.74, 6) is -0.862. The summed E-state index contributed by atoms with van der Waals surface area (Å²) in [5, 5.41) is 0. The molecule has 0 aromatic carbocycles. The second-order valence-corrected chi connectivity index (χ2v) is 24.1. The van der Waals surface area contributed by atoms with Crippen LogP contribution in [0.1, 0.15) is 367 Å². The molecule has 0 saturated carbocycles. The minimum absolute atomic E-state index is 0.0722. The molecule has 1 unspecified atom stereocenters. The summed E-state index contributed by atoms with van der Waals surface area (Å²) in [6, 6.07) is 0. The van der Waals surface area contributed by atoms with Crippen molar-refractivity contribution in [1.82, 2.24) is 0 Å². The van der Waals surface area contributed by atoms with Gasteiger partial charge < -0.3 is 14.2 Å². The number of carbonyl (C=O) groups is 3. The Balaban J connectivity index is 4.04. The lowest BCUT2D eigenvalue weighted by Crippen LogP contribution is -2.30. The molecule has 0 aliphatic carbocycles. The maximum Gasteiger partial charge on any atom is 0.306 e. The van der Waals surface area contributed by atoms with Crippen LogP contribution in [0.25, 0.3) is 0 Å². The van der Waals surface area contributed by atoms with Crippen molar-refractivity contribution in [2.75, 3.05) is 13.2 Å². The quantitative estimate of drug-likeness (QED) is 0.0261. The Bertz CT molecular complexity index is 1570. The van der Waals surface area contributed by atoms with Crippen molar-refractivity contribution < 1.29 is 28.6 Å². The van der Waals surface area contributed by atoms with Crippen LogP contribution in [0.3, 0.4) is 0 Å². The molecule has 480 valence electrons. The smallest absolute Gasteiger partial charge is 0.306 e. The van der Waals surface area contributed by atoms with E-state index in [-0.39, 0.29) is 31.1 Å². The van der Waals surface area contributed by atoms with E-state index in [0.29, 0.717) is 19.3 Å². The summed E-state index contributed by atoms with van der Waals surface area (Å²) < 4.78 is 16.9. The number of rotatable bonds is 66. The first-order valence-electron chi connectivity index (χ1n) is 36.1. The largest absolute Gasteiger partial charge is 0.462 e. The number of hydrogen-bond acceptors (Lipinski definition) is 6. The monoisotopic (exact) mass is 1160 g/mol. The standard InChI is InChI=1S/C77H136O6/c1-4-7-10-13-16-18-20-22-24-26-28-30-32-34-36-37-38-39-41-42-44-46-48-50-52-54-56-58-61-64-67-70-76(79)82-73-74(72-81-75(78)69-66-63-60-15-12-9-6-3)83-77(80)71-68-65-62-59-57-55-53-51-49-47-45-43-40-35-33-31-29-27-25-23-21-19-17-14-11-8-5-2/h7,10,16,18,21-24,27-30,33,35,74H,4-6,8-9,11-15,17,19-20,25-26,31-32,34,36-73H2,1-3H3/b10-7-,18-16-,23-21-,24-22-,29-27-,30-28-,35-33-. The van der Waals surface area contributed by atoms with Crippen LogP contribution in [0.2, 0.25) is 0 Å². The van der Waals surface area contributed by atoms with E-state index in [1.54, 1.807) is 0 Å². The molecule has 0 aliphatic heterocycles. The van der Waals surface area contributed by atoms with Gasteiger partial charge in [0.25, 0.3) is 0 Å². The molecule has 0 aromatic rings. The summed E-state index contributed by atoms with van der Waals surface area (Å²) in [6.45, 7) is 6.52. The van der Waals surface area contributed by atoms with Gasteiger partial charge in [-0.25, -0.2) is 0 Å². The fourth-order valence-corrected chi connectivity index (χ4v) is 10.5. The van der Waals surface area contributed by atoms with Crippen LogP contribution in [0.4, 0.5) is 0 Å². The Morgan fingerprint density at radius 1 is 0.253 bits per heavy atom. The minimum atomic E-state index is -0.774. The van der Waals surface area contributed by atoms with E-state index in [4.69, 9.17) is 14.2 Å². The van der Waals surface area contributed by atoms with Gasteiger partial charge in [0, 0.05) is 19.3 Å². The third kappa shape index (κ3) is 69.3. The van der Waals surface area contributed by atoms with Crippen LogP contribution >= 0.6 is 0 Å². The van der Waals surface area contributed by atoms with Gasteiger partial charge in [0.05, 0.1) is 0 Å². The highest BCUT2D eigenvalue weighted by Gasteiger charge is 2.19. The third-order valence-electron chi connectivity index (χ3n) is 15.9. The normalized spacial score (nSPS) is 12.6. The van der Waals surface area contributed by atoms with Crippen molar-refractivity contribution in [3.63, 3.8) is 0 Å².